The van der Waals surface area contributed by atoms with E-state index in [1.807, 2.05) is 0 Å². The third-order valence-corrected chi connectivity index (χ3v) is 9.28. The molecule has 0 N–H and O–H groups in total. The Kier molecular flexibility index (Phi) is 6.84. The highest BCUT2D eigenvalue weighted by molar-refractivity contribution is 6.10. The highest BCUT2D eigenvalue weighted by Crippen LogP contribution is 2.36. The van der Waals surface area contributed by atoms with Crippen LogP contribution in [0, 0.1) is 0 Å². The minimum Gasteiger partial charge on any atom is -0.227 e. The van der Waals surface area contributed by atoms with Crippen molar-refractivity contribution in [2.45, 2.75) is 0 Å². The van der Waals surface area contributed by atoms with Crippen LogP contribution in [0.15, 0.2) is 182 Å². The van der Waals surface area contributed by atoms with Crippen molar-refractivity contribution in [3.05, 3.63) is 182 Å². The molecular weight excluding hydrogens is 581 g/mol. The van der Waals surface area contributed by atoms with Gasteiger partial charge in [0.05, 0.1) is 11.2 Å². The van der Waals surface area contributed by atoms with Crippen molar-refractivity contribution in [2.75, 3.05) is 0 Å². The Morgan fingerprint density at radius 2 is 0.792 bits per heavy atom. The van der Waals surface area contributed by atoms with Gasteiger partial charge in [-0.1, -0.05) is 164 Å². The van der Waals surface area contributed by atoms with E-state index in [1.54, 1.807) is 0 Å². The van der Waals surface area contributed by atoms with Gasteiger partial charge in [-0.05, 0) is 67.7 Å². The van der Waals surface area contributed by atoms with E-state index >= 15 is 0 Å². The van der Waals surface area contributed by atoms with E-state index < -0.39 is 0 Å². The van der Waals surface area contributed by atoms with Gasteiger partial charge in [-0.15, -0.1) is 0 Å². The summed E-state index contributed by atoms with van der Waals surface area (Å²) in [7, 11) is 0. The first kappa shape index (κ1) is 27.9. The largest absolute Gasteiger partial charge is 0.227 e. The van der Waals surface area contributed by atoms with Crippen LogP contribution >= 0.6 is 0 Å². The molecule has 0 spiro atoms. The van der Waals surface area contributed by atoms with E-state index in [9.17, 15) is 0 Å². The zero-order chi connectivity index (χ0) is 31.9. The van der Waals surface area contributed by atoms with Crippen LogP contribution in [-0.2, 0) is 0 Å². The number of aromatic nitrogens is 2. The minimum atomic E-state index is 0.736. The number of rotatable bonds is 5. The average Bonchev–Trinajstić information content (AvgIpc) is 3.17. The molecule has 9 aromatic rings. The third kappa shape index (κ3) is 5.01. The van der Waals surface area contributed by atoms with Crippen molar-refractivity contribution in [2.24, 2.45) is 0 Å². The Balaban J connectivity index is 1.14. The van der Waals surface area contributed by atoms with Gasteiger partial charge in [-0.3, -0.25) is 0 Å². The second-order valence-electron chi connectivity index (χ2n) is 12.2. The predicted octanol–water partition coefficient (Wildman–Crippen LogP) is 12.3. The summed E-state index contributed by atoms with van der Waals surface area (Å²) < 4.78 is 0. The lowest BCUT2D eigenvalue weighted by atomic mass is 9.95. The molecule has 0 bridgehead atoms. The molecule has 9 rings (SSSR count). The molecule has 0 saturated carbocycles. The van der Waals surface area contributed by atoms with Gasteiger partial charge in [0.25, 0.3) is 0 Å². The Bertz CT molecular complexity index is 2600. The first-order chi connectivity index (χ1) is 23.8. The zero-order valence-electron chi connectivity index (χ0n) is 26.2. The van der Waals surface area contributed by atoms with Crippen LogP contribution < -0.4 is 0 Å². The van der Waals surface area contributed by atoms with Crippen molar-refractivity contribution in [1.82, 2.24) is 9.97 Å². The molecular formula is C46H30N2. The number of fused-ring (bicyclic) bond motifs is 4. The quantitative estimate of drug-likeness (QED) is 0.181. The van der Waals surface area contributed by atoms with E-state index in [1.165, 1.54) is 38.6 Å². The maximum absolute atomic E-state index is 5.28. The lowest BCUT2D eigenvalue weighted by Gasteiger charge is -2.13. The summed E-state index contributed by atoms with van der Waals surface area (Å²) in [5, 5.41) is 5.67. The van der Waals surface area contributed by atoms with Gasteiger partial charge < -0.3 is 0 Å². The van der Waals surface area contributed by atoms with Gasteiger partial charge in [0.1, 0.15) is 0 Å². The Morgan fingerprint density at radius 3 is 1.50 bits per heavy atom. The Hall–Kier alpha value is -6.38. The van der Waals surface area contributed by atoms with Crippen molar-refractivity contribution < 1.29 is 0 Å². The molecule has 224 valence electrons. The molecule has 2 nitrogen and oxygen atoms in total. The normalized spacial score (nSPS) is 11.3. The summed E-state index contributed by atoms with van der Waals surface area (Å²) in [5.41, 5.74) is 11.2. The van der Waals surface area contributed by atoms with Crippen LogP contribution in [0.25, 0.3) is 88.5 Å². The first-order valence-corrected chi connectivity index (χ1v) is 16.3. The van der Waals surface area contributed by atoms with Crippen LogP contribution in [0.3, 0.4) is 0 Å². The summed E-state index contributed by atoms with van der Waals surface area (Å²) in [4.78, 5) is 10.5. The number of hydrogen-bond donors (Lipinski definition) is 0. The molecule has 0 unspecified atom stereocenters. The molecule has 0 atom stereocenters. The molecule has 0 aliphatic heterocycles. The fourth-order valence-corrected chi connectivity index (χ4v) is 6.83. The van der Waals surface area contributed by atoms with E-state index in [0.717, 1.165) is 49.9 Å². The maximum atomic E-state index is 5.28. The smallest absolute Gasteiger partial charge is 0.161 e. The van der Waals surface area contributed by atoms with Gasteiger partial charge in [0, 0.05) is 21.9 Å². The molecule has 0 aliphatic rings. The average molecular weight is 611 g/mol. The second-order valence-corrected chi connectivity index (χ2v) is 12.2. The first-order valence-electron chi connectivity index (χ1n) is 16.3. The van der Waals surface area contributed by atoms with Gasteiger partial charge in [0.15, 0.2) is 5.82 Å². The second kappa shape index (κ2) is 11.8. The molecule has 0 aliphatic carbocycles. The Labute approximate surface area is 279 Å². The van der Waals surface area contributed by atoms with Crippen LogP contribution in [0.4, 0.5) is 0 Å². The standard InChI is InChI=1S/C46H30N2/c1-2-11-31(12-3-1)36-16-8-18-38(29-36)39-19-9-17-37(30-39)32-23-25-35(26-24-32)44-43-28-27-34-14-5-7-21-41(34)45(43)48-46(47-44)42-22-10-15-33-13-4-6-20-40(33)42/h1-30H. The predicted molar refractivity (Wildman–Crippen MR) is 202 cm³/mol. The topological polar surface area (TPSA) is 25.8 Å². The van der Waals surface area contributed by atoms with Gasteiger partial charge in [0.2, 0.25) is 0 Å². The highest BCUT2D eigenvalue weighted by Gasteiger charge is 2.16. The van der Waals surface area contributed by atoms with Crippen LogP contribution in [0.2, 0.25) is 0 Å². The number of hydrogen-bond acceptors (Lipinski definition) is 2. The van der Waals surface area contributed by atoms with Crippen molar-refractivity contribution >= 4 is 32.4 Å². The number of nitrogens with zero attached hydrogens (tertiary/aromatic N) is 2. The lowest BCUT2D eigenvalue weighted by molar-refractivity contribution is 1.24. The van der Waals surface area contributed by atoms with E-state index in [2.05, 4.69) is 182 Å². The summed E-state index contributed by atoms with van der Waals surface area (Å²) in [6.45, 7) is 0. The molecule has 0 amide bonds. The van der Waals surface area contributed by atoms with Crippen molar-refractivity contribution in [3.63, 3.8) is 0 Å². The molecule has 48 heavy (non-hydrogen) atoms. The fraction of sp³-hybridized carbons (Fsp3) is 0. The van der Waals surface area contributed by atoms with E-state index in [0.29, 0.717) is 0 Å². The van der Waals surface area contributed by atoms with Gasteiger partial charge in [-0.2, -0.15) is 0 Å². The van der Waals surface area contributed by atoms with Gasteiger partial charge in [-0.25, -0.2) is 9.97 Å². The lowest BCUT2D eigenvalue weighted by Crippen LogP contribution is -1.96. The van der Waals surface area contributed by atoms with Crippen LogP contribution in [-0.4, -0.2) is 9.97 Å². The maximum Gasteiger partial charge on any atom is 0.161 e. The summed E-state index contributed by atoms with van der Waals surface area (Å²) >= 11 is 0. The SMILES string of the molecule is c1ccc(-c2cccc(-c3cccc(-c4ccc(-c5nc(-c6cccc7ccccc67)nc6c5ccc5ccccc56)cc4)c3)c2)cc1. The molecule has 8 aromatic carbocycles. The fourth-order valence-electron chi connectivity index (χ4n) is 6.83. The third-order valence-electron chi connectivity index (χ3n) is 9.28. The zero-order valence-corrected chi connectivity index (χ0v) is 26.2. The van der Waals surface area contributed by atoms with E-state index in [4.69, 9.17) is 9.97 Å². The number of benzene rings is 8. The molecule has 1 heterocycles. The van der Waals surface area contributed by atoms with Crippen LogP contribution in [0.1, 0.15) is 0 Å². The molecule has 0 radical (unpaired) electrons. The minimum absolute atomic E-state index is 0.736. The van der Waals surface area contributed by atoms with Crippen molar-refractivity contribution in [3.8, 4) is 56.0 Å². The van der Waals surface area contributed by atoms with E-state index in [-0.39, 0.29) is 0 Å². The van der Waals surface area contributed by atoms with Crippen LogP contribution in [0.5, 0.6) is 0 Å². The molecule has 1 aromatic heterocycles. The Morgan fingerprint density at radius 1 is 0.292 bits per heavy atom. The monoisotopic (exact) mass is 610 g/mol. The summed E-state index contributed by atoms with van der Waals surface area (Å²) in [6.07, 6.45) is 0. The summed E-state index contributed by atoms with van der Waals surface area (Å²) in [5.74, 6) is 0.736. The molecule has 0 fully saturated rings. The molecule has 0 saturated heterocycles. The summed E-state index contributed by atoms with van der Waals surface area (Å²) in [6, 6.07) is 64.6. The molecule has 2 heteroatoms. The highest BCUT2D eigenvalue weighted by atomic mass is 14.9. The van der Waals surface area contributed by atoms with Crippen molar-refractivity contribution in [1.29, 1.82) is 0 Å². The van der Waals surface area contributed by atoms with Gasteiger partial charge >= 0.3 is 0 Å².